The molecule has 0 saturated heterocycles. The average molecular weight is 343 g/mol. The van der Waals surface area contributed by atoms with Crippen LogP contribution in [-0.4, -0.2) is 42.7 Å². The van der Waals surface area contributed by atoms with Crippen LogP contribution in [0.15, 0.2) is 34.1 Å². The van der Waals surface area contributed by atoms with Crippen molar-refractivity contribution in [1.82, 2.24) is 10.0 Å². The standard InChI is InChI=1S/C11H18N2O4S2.ClH/c1-3-18(14,15)10-5-4-6-11(9-10)19(16,17)13-8-7-12-2;/h4-6,9,12-13H,3,7-8H2,1-2H3;1H. The fraction of sp³-hybridized carbons (Fsp3) is 0.455. The normalized spacial score (nSPS) is 11.9. The second-order valence-corrected chi connectivity index (χ2v) is 7.92. The minimum atomic E-state index is -3.68. The highest BCUT2D eigenvalue weighted by Crippen LogP contribution is 2.16. The van der Waals surface area contributed by atoms with Gasteiger partial charge in [-0.15, -0.1) is 12.4 Å². The van der Waals surface area contributed by atoms with Gasteiger partial charge < -0.3 is 5.32 Å². The van der Waals surface area contributed by atoms with Crippen LogP contribution in [0.1, 0.15) is 6.92 Å². The highest BCUT2D eigenvalue weighted by Gasteiger charge is 2.17. The van der Waals surface area contributed by atoms with Gasteiger partial charge in [0.05, 0.1) is 15.5 Å². The molecule has 9 heteroatoms. The molecule has 1 aromatic carbocycles. The van der Waals surface area contributed by atoms with E-state index in [0.717, 1.165) is 0 Å². The van der Waals surface area contributed by atoms with Crippen molar-refractivity contribution in [3.8, 4) is 0 Å². The Hall–Kier alpha value is -0.670. The summed E-state index contributed by atoms with van der Waals surface area (Å²) in [6, 6.07) is 5.37. The van der Waals surface area contributed by atoms with Crippen LogP contribution in [-0.2, 0) is 19.9 Å². The average Bonchev–Trinajstić information content (AvgIpc) is 2.39. The van der Waals surface area contributed by atoms with Gasteiger partial charge >= 0.3 is 0 Å². The molecule has 0 saturated carbocycles. The lowest BCUT2D eigenvalue weighted by Gasteiger charge is -2.08. The minimum Gasteiger partial charge on any atom is -0.318 e. The smallest absolute Gasteiger partial charge is 0.240 e. The largest absolute Gasteiger partial charge is 0.318 e. The fourth-order valence-corrected chi connectivity index (χ4v) is 3.47. The lowest BCUT2D eigenvalue weighted by atomic mass is 10.4. The predicted octanol–water partition coefficient (Wildman–Crippen LogP) is 0.400. The van der Waals surface area contributed by atoms with Crippen molar-refractivity contribution in [2.24, 2.45) is 0 Å². The minimum absolute atomic E-state index is 0. The first-order chi connectivity index (χ1) is 8.83. The number of sulfone groups is 1. The number of hydrogen-bond donors (Lipinski definition) is 2. The molecule has 0 heterocycles. The summed E-state index contributed by atoms with van der Waals surface area (Å²) in [5.74, 6) is -0.0658. The van der Waals surface area contributed by atoms with E-state index in [1.807, 2.05) is 0 Å². The molecular weight excluding hydrogens is 324 g/mol. The Bertz CT molecular complexity index is 630. The van der Waals surface area contributed by atoms with Crippen LogP contribution in [0, 0.1) is 0 Å². The van der Waals surface area contributed by atoms with Crippen molar-refractivity contribution in [1.29, 1.82) is 0 Å². The predicted molar refractivity (Wildman–Crippen MR) is 80.5 cm³/mol. The van der Waals surface area contributed by atoms with Crippen molar-refractivity contribution < 1.29 is 16.8 Å². The van der Waals surface area contributed by atoms with Crippen molar-refractivity contribution in [3.63, 3.8) is 0 Å². The quantitative estimate of drug-likeness (QED) is 0.700. The van der Waals surface area contributed by atoms with E-state index in [4.69, 9.17) is 0 Å². The second kappa shape index (κ2) is 7.94. The third-order valence-corrected chi connectivity index (χ3v) is 5.71. The molecule has 6 nitrogen and oxygen atoms in total. The summed E-state index contributed by atoms with van der Waals surface area (Å²) in [7, 11) is -5.38. The van der Waals surface area contributed by atoms with Crippen LogP contribution in [0.4, 0.5) is 0 Å². The molecule has 116 valence electrons. The number of likely N-dealkylation sites (N-methyl/N-ethyl adjacent to an activating group) is 1. The van der Waals surface area contributed by atoms with Gasteiger partial charge in [-0.3, -0.25) is 0 Å². The highest BCUT2D eigenvalue weighted by molar-refractivity contribution is 7.91. The number of halogens is 1. The van der Waals surface area contributed by atoms with E-state index in [-0.39, 0.29) is 34.5 Å². The Labute approximate surface area is 126 Å². The van der Waals surface area contributed by atoms with Crippen LogP contribution in [0.3, 0.4) is 0 Å². The Morgan fingerprint density at radius 2 is 1.65 bits per heavy atom. The Balaban J connectivity index is 0.00000361. The van der Waals surface area contributed by atoms with Gasteiger partial charge in [0.1, 0.15) is 0 Å². The van der Waals surface area contributed by atoms with Gasteiger partial charge in [-0.05, 0) is 25.2 Å². The molecular formula is C11H19ClN2O4S2. The molecule has 0 spiro atoms. The summed E-state index contributed by atoms with van der Waals surface area (Å²) in [5, 5.41) is 2.81. The molecule has 0 aliphatic carbocycles. The SMILES string of the molecule is CCS(=O)(=O)c1cccc(S(=O)(=O)NCCNC)c1.Cl. The zero-order valence-electron chi connectivity index (χ0n) is 11.3. The van der Waals surface area contributed by atoms with E-state index >= 15 is 0 Å². The molecule has 0 unspecified atom stereocenters. The number of hydrogen-bond acceptors (Lipinski definition) is 5. The van der Waals surface area contributed by atoms with Gasteiger partial charge in [-0.2, -0.15) is 0 Å². The molecule has 0 amide bonds. The van der Waals surface area contributed by atoms with Gasteiger partial charge in [0, 0.05) is 13.1 Å². The maximum absolute atomic E-state index is 11.9. The number of sulfonamides is 1. The molecule has 0 radical (unpaired) electrons. The zero-order valence-corrected chi connectivity index (χ0v) is 13.7. The van der Waals surface area contributed by atoms with Crippen LogP contribution < -0.4 is 10.0 Å². The maximum atomic E-state index is 11.9. The van der Waals surface area contributed by atoms with Crippen molar-refractivity contribution >= 4 is 32.3 Å². The van der Waals surface area contributed by atoms with E-state index in [1.54, 1.807) is 7.05 Å². The van der Waals surface area contributed by atoms with E-state index in [0.29, 0.717) is 6.54 Å². The van der Waals surface area contributed by atoms with Crippen LogP contribution in [0.25, 0.3) is 0 Å². The Kier molecular flexibility index (Phi) is 7.67. The summed E-state index contributed by atoms with van der Waals surface area (Å²) in [5.41, 5.74) is 0. The molecule has 0 aliphatic rings. The highest BCUT2D eigenvalue weighted by atomic mass is 35.5. The number of rotatable bonds is 7. The summed E-state index contributed by atoms with van der Waals surface area (Å²) in [6.45, 7) is 2.25. The first-order valence-electron chi connectivity index (χ1n) is 5.80. The van der Waals surface area contributed by atoms with E-state index < -0.39 is 19.9 Å². The van der Waals surface area contributed by atoms with E-state index in [9.17, 15) is 16.8 Å². The zero-order chi connectivity index (χ0) is 14.5. The van der Waals surface area contributed by atoms with Crippen molar-refractivity contribution in [3.05, 3.63) is 24.3 Å². The summed E-state index contributed by atoms with van der Waals surface area (Å²) in [4.78, 5) is -0.0235. The molecule has 1 aromatic rings. The topological polar surface area (TPSA) is 92.3 Å². The first-order valence-corrected chi connectivity index (χ1v) is 8.94. The number of nitrogens with one attached hydrogen (secondary N) is 2. The molecule has 0 aromatic heterocycles. The molecule has 0 fully saturated rings. The van der Waals surface area contributed by atoms with E-state index in [2.05, 4.69) is 10.0 Å². The number of benzene rings is 1. The van der Waals surface area contributed by atoms with Gasteiger partial charge in [-0.1, -0.05) is 13.0 Å². The van der Waals surface area contributed by atoms with Gasteiger partial charge in [-0.25, -0.2) is 21.6 Å². The summed E-state index contributed by atoms with van der Waals surface area (Å²) < 4.78 is 49.7. The molecule has 0 bridgehead atoms. The third kappa shape index (κ3) is 5.02. The van der Waals surface area contributed by atoms with Crippen LogP contribution >= 0.6 is 12.4 Å². The summed E-state index contributed by atoms with van der Waals surface area (Å²) in [6.07, 6.45) is 0. The Morgan fingerprint density at radius 3 is 2.20 bits per heavy atom. The van der Waals surface area contributed by atoms with Gasteiger partial charge in [0.25, 0.3) is 0 Å². The molecule has 0 atom stereocenters. The van der Waals surface area contributed by atoms with Crippen molar-refractivity contribution in [2.45, 2.75) is 16.7 Å². The fourth-order valence-electron chi connectivity index (χ4n) is 1.40. The lowest BCUT2D eigenvalue weighted by molar-refractivity contribution is 0.579. The monoisotopic (exact) mass is 342 g/mol. The van der Waals surface area contributed by atoms with Crippen LogP contribution in [0.2, 0.25) is 0 Å². The van der Waals surface area contributed by atoms with Gasteiger partial charge in [0.15, 0.2) is 9.84 Å². The molecule has 1 rings (SSSR count). The molecule has 0 aliphatic heterocycles. The molecule has 2 N–H and O–H groups in total. The first kappa shape index (κ1) is 19.3. The lowest BCUT2D eigenvalue weighted by Crippen LogP contribution is -2.30. The Morgan fingerprint density at radius 1 is 1.05 bits per heavy atom. The van der Waals surface area contributed by atoms with Gasteiger partial charge in [0.2, 0.25) is 10.0 Å². The summed E-state index contributed by atoms with van der Waals surface area (Å²) >= 11 is 0. The maximum Gasteiger partial charge on any atom is 0.240 e. The molecule has 20 heavy (non-hydrogen) atoms. The van der Waals surface area contributed by atoms with Crippen LogP contribution in [0.5, 0.6) is 0 Å². The second-order valence-electron chi connectivity index (χ2n) is 3.88. The van der Waals surface area contributed by atoms with Crippen molar-refractivity contribution in [2.75, 3.05) is 25.9 Å². The van der Waals surface area contributed by atoms with E-state index in [1.165, 1.54) is 31.2 Å². The third-order valence-electron chi connectivity index (χ3n) is 2.52.